The molecule has 9 heteroatoms. The maximum atomic E-state index is 12.6. The van der Waals surface area contributed by atoms with Crippen LogP contribution >= 0.6 is 11.6 Å². The van der Waals surface area contributed by atoms with E-state index in [1.165, 1.54) is 23.5 Å². The maximum absolute atomic E-state index is 12.6. The van der Waals surface area contributed by atoms with E-state index < -0.39 is 10.0 Å². The molecule has 1 aliphatic heterocycles. The molecule has 134 valence electrons. The maximum Gasteiger partial charge on any atom is 0.243 e. The summed E-state index contributed by atoms with van der Waals surface area (Å²) in [7, 11) is -2.09. The van der Waals surface area contributed by atoms with Crippen LogP contribution < -0.4 is 5.73 Å². The zero-order valence-corrected chi connectivity index (χ0v) is 15.1. The number of piperazine rings is 1. The zero-order valence-electron chi connectivity index (χ0n) is 13.5. The topological polar surface area (TPSA) is 92.9 Å². The fraction of sp³-hybridized carbons (Fsp3) is 0.533. The Morgan fingerprint density at radius 3 is 2.54 bits per heavy atom. The summed E-state index contributed by atoms with van der Waals surface area (Å²) < 4.78 is 31.7. The second-order valence-corrected chi connectivity index (χ2v) is 7.91. The first-order valence-electron chi connectivity index (χ1n) is 7.65. The van der Waals surface area contributed by atoms with Crippen molar-refractivity contribution >= 4 is 27.5 Å². The number of amides is 1. The highest BCUT2D eigenvalue weighted by Gasteiger charge is 2.30. The van der Waals surface area contributed by atoms with Crippen LogP contribution in [0.3, 0.4) is 0 Å². The van der Waals surface area contributed by atoms with Crippen LogP contribution in [-0.2, 0) is 19.6 Å². The summed E-state index contributed by atoms with van der Waals surface area (Å²) in [6.07, 6.45) is -0.112. The number of sulfonamides is 1. The van der Waals surface area contributed by atoms with Gasteiger partial charge in [-0.1, -0.05) is 17.7 Å². The molecule has 1 saturated heterocycles. The molecular weight excluding hydrogens is 354 g/mol. The van der Waals surface area contributed by atoms with E-state index in [4.69, 9.17) is 22.1 Å². The quantitative estimate of drug-likeness (QED) is 0.783. The average molecular weight is 376 g/mol. The Kier molecular flexibility index (Phi) is 6.59. The average Bonchev–Trinajstić information content (AvgIpc) is 2.59. The van der Waals surface area contributed by atoms with Crippen LogP contribution in [0.25, 0.3) is 0 Å². The number of carbonyl (C=O) groups excluding carboxylic acids is 1. The number of nitrogens with zero attached hydrogens (tertiary/aromatic N) is 2. The molecule has 0 spiro atoms. The van der Waals surface area contributed by atoms with E-state index in [-0.39, 0.29) is 43.0 Å². The van der Waals surface area contributed by atoms with Crippen molar-refractivity contribution in [2.24, 2.45) is 5.73 Å². The van der Waals surface area contributed by atoms with E-state index in [2.05, 4.69) is 0 Å². The highest BCUT2D eigenvalue weighted by atomic mass is 35.5. The van der Waals surface area contributed by atoms with Gasteiger partial charge in [-0.3, -0.25) is 4.79 Å². The van der Waals surface area contributed by atoms with Gasteiger partial charge in [-0.05, 0) is 18.2 Å². The minimum absolute atomic E-state index is 0.0768. The van der Waals surface area contributed by atoms with Crippen LogP contribution in [0.5, 0.6) is 0 Å². The van der Waals surface area contributed by atoms with Gasteiger partial charge in [0.25, 0.3) is 0 Å². The summed E-state index contributed by atoms with van der Waals surface area (Å²) in [5, 5.41) is 0.372. The Hall–Kier alpha value is -1.19. The van der Waals surface area contributed by atoms with Crippen LogP contribution in [0.1, 0.15) is 6.42 Å². The highest BCUT2D eigenvalue weighted by Crippen LogP contribution is 2.21. The molecule has 1 aliphatic rings. The summed E-state index contributed by atoms with van der Waals surface area (Å²) in [5.74, 6) is -0.0768. The largest absolute Gasteiger partial charge is 0.380 e. The van der Waals surface area contributed by atoms with Gasteiger partial charge in [0.1, 0.15) is 0 Å². The lowest BCUT2D eigenvalue weighted by molar-refractivity contribution is -0.134. The van der Waals surface area contributed by atoms with Crippen LogP contribution in [-0.4, -0.2) is 69.5 Å². The second-order valence-electron chi connectivity index (χ2n) is 5.54. The molecular formula is C15H22ClN3O4S. The standard InChI is InChI=1S/C15H22ClN3O4S/c1-23-13(11-17)10-15(20)18-5-7-19(8-6-18)24(21,22)14-4-2-3-12(16)9-14/h2-4,9,13H,5-8,10-11,17H2,1H3. The number of halogens is 1. The summed E-state index contributed by atoms with van der Waals surface area (Å²) in [4.78, 5) is 14.0. The van der Waals surface area contributed by atoms with E-state index in [0.29, 0.717) is 18.1 Å². The number of rotatable bonds is 6. The summed E-state index contributed by atoms with van der Waals surface area (Å²) in [5.41, 5.74) is 5.52. The summed E-state index contributed by atoms with van der Waals surface area (Å²) >= 11 is 5.87. The molecule has 1 atom stereocenters. The molecule has 1 aromatic rings. The first-order chi connectivity index (χ1) is 11.4. The molecule has 24 heavy (non-hydrogen) atoms. The van der Waals surface area contributed by atoms with Crippen molar-refractivity contribution in [1.29, 1.82) is 0 Å². The Morgan fingerprint density at radius 1 is 1.33 bits per heavy atom. The van der Waals surface area contributed by atoms with E-state index in [9.17, 15) is 13.2 Å². The number of ether oxygens (including phenoxy) is 1. The number of hydrogen-bond acceptors (Lipinski definition) is 5. The molecule has 0 bridgehead atoms. The van der Waals surface area contributed by atoms with Crippen LogP contribution in [0.2, 0.25) is 5.02 Å². The number of carbonyl (C=O) groups is 1. The minimum Gasteiger partial charge on any atom is -0.380 e. The van der Waals surface area contributed by atoms with Crippen LogP contribution in [0.15, 0.2) is 29.2 Å². The van der Waals surface area contributed by atoms with E-state index in [1.807, 2.05) is 0 Å². The predicted octanol–water partition coefficient (Wildman–Crippen LogP) is 0.537. The van der Waals surface area contributed by atoms with Crippen molar-refractivity contribution in [1.82, 2.24) is 9.21 Å². The lowest BCUT2D eigenvalue weighted by Gasteiger charge is -2.34. The first kappa shape index (κ1) is 19.1. The molecule has 1 amide bonds. The van der Waals surface area contributed by atoms with Gasteiger partial charge in [0.2, 0.25) is 15.9 Å². The third-order valence-electron chi connectivity index (χ3n) is 4.02. The van der Waals surface area contributed by atoms with Crippen LogP contribution in [0, 0.1) is 0 Å². The Labute approximate surface area is 147 Å². The van der Waals surface area contributed by atoms with Crippen molar-refractivity contribution in [3.63, 3.8) is 0 Å². The molecule has 1 unspecified atom stereocenters. The van der Waals surface area contributed by atoms with E-state index >= 15 is 0 Å². The van der Waals surface area contributed by atoms with Gasteiger partial charge in [-0.15, -0.1) is 0 Å². The van der Waals surface area contributed by atoms with E-state index in [1.54, 1.807) is 17.0 Å². The van der Waals surface area contributed by atoms with Crippen molar-refractivity contribution in [3.05, 3.63) is 29.3 Å². The fourth-order valence-corrected chi connectivity index (χ4v) is 4.26. The minimum atomic E-state index is -3.60. The molecule has 0 radical (unpaired) electrons. The number of methoxy groups -OCH3 is 1. The smallest absolute Gasteiger partial charge is 0.243 e. The molecule has 1 fully saturated rings. The second kappa shape index (κ2) is 8.26. The number of hydrogen-bond donors (Lipinski definition) is 1. The van der Waals surface area contributed by atoms with Crippen molar-refractivity contribution in [2.45, 2.75) is 17.4 Å². The number of benzene rings is 1. The lowest BCUT2D eigenvalue weighted by atomic mass is 10.2. The highest BCUT2D eigenvalue weighted by molar-refractivity contribution is 7.89. The van der Waals surface area contributed by atoms with Gasteiger partial charge >= 0.3 is 0 Å². The van der Waals surface area contributed by atoms with Gasteiger partial charge < -0.3 is 15.4 Å². The summed E-state index contributed by atoms with van der Waals surface area (Å²) in [6.45, 7) is 1.46. The van der Waals surface area contributed by atoms with Crippen molar-refractivity contribution in [2.75, 3.05) is 39.8 Å². The van der Waals surface area contributed by atoms with Gasteiger partial charge in [0, 0.05) is 44.9 Å². The molecule has 1 heterocycles. The van der Waals surface area contributed by atoms with Crippen LogP contribution in [0.4, 0.5) is 0 Å². The SMILES string of the molecule is COC(CN)CC(=O)N1CCN(S(=O)(=O)c2cccc(Cl)c2)CC1. The normalized spacial score (nSPS) is 17.7. The molecule has 1 aromatic carbocycles. The monoisotopic (exact) mass is 375 g/mol. The third-order valence-corrected chi connectivity index (χ3v) is 6.15. The van der Waals surface area contributed by atoms with Crippen molar-refractivity contribution in [3.8, 4) is 0 Å². The molecule has 2 rings (SSSR count). The lowest BCUT2D eigenvalue weighted by Crippen LogP contribution is -2.51. The van der Waals surface area contributed by atoms with Gasteiger partial charge in [0.15, 0.2) is 0 Å². The Bertz CT molecular complexity index is 671. The van der Waals surface area contributed by atoms with E-state index in [0.717, 1.165) is 0 Å². The molecule has 7 nitrogen and oxygen atoms in total. The first-order valence-corrected chi connectivity index (χ1v) is 9.46. The van der Waals surface area contributed by atoms with Gasteiger partial charge in [0.05, 0.1) is 17.4 Å². The third kappa shape index (κ3) is 4.46. The van der Waals surface area contributed by atoms with Gasteiger partial charge in [-0.25, -0.2) is 8.42 Å². The molecule has 0 aromatic heterocycles. The molecule has 0 aliphatic carbocycles. The molecule has 0 saturated carbocycles. The molecule has 2 N–H and O–H groups in total. The zero-order chi connectivity index (χ0) is 17.7. The fourth-order valence-electron chi connectivity index (χ4n) is 2.54. The van der Waals surface area contributed by atoms with Gasteiger partial charge in [-0.2, -0.15) is 4.31 Å². The number of nitrogens with two attached hydrogens (primary N) is 1. The Morgan fingerprint density at radius 2 is 2.00 bits per heavy atom. The Balaban J connectivity index is 1.98. The summed E-state index contributed by atoms with van der Waals surface area (Å²) in [6, 6.07) is 6.18. The van der Waals surface area contributed by atoms with Crippen molar-refractivity contribution < 1.29 is 17.9 Å². The predicted molar refractivity (Wildman–Crippen MR) is 91.3 cm³/mol.